The van der Waals surface area contributed by atoms with Crippen molar-refractivity contribution in [1.82, 2.24) is 0 Å². The van der Waals surface area contributed by atoms with Crippen LogP contribution < -0.4 is 0 Å². The SMILES string of the molecule is CCOC(=O)C1(C(=O)O)CC1c1ccc(SC)cc1. The lowest BCUT2D eigenvalue weighted by molar-refractivity contribution is -0.161. The van der Waals surface area contributed by atoms with Crippen LogP contribution in [0.4, 0.5) is 0 Å². The summed E-state index contributed by atoms with van der Waals surface area (Å²) in [4.78, 5) is 24.4. The van der Waals surface area contributed by atoms with E-state index in [1.807, 2.05) is 30.5 Å². The van der Waals surface area contributed by atoms with E-state index in [9.17, 15) is 14.7 Å². The Morgan fingerprint density at radius 2 is 2.05 bits per heavy atom. The molecular weight excluding hydrogens is 264 g/mol. The van der Waals surface area contributed by atoms with Gasteiger partial charge in [0.25, 0.3) is 0 Å². The highest BCUT2D eigenvalue weighted by Crippen LogP contribution is 2.60. The Balaban J connectivity index is 2.22. The molecule has 1 aliphatic rings. The van der Waals surface area contributed by atoms with Crippen LogP contribution in [0.3, 0.4) is 0 Å². The molecule has 1 aromatic rings. The van der Waals surface area contributed by atoms with Gasteiger partial charge in [0, 0.05) is 10.8 Å². The largest absolute Gasteiger partial charge is 0.480 e. The maximum atomic E-state index is 11.9. The number of benzene rings is 1. The van der Waals surface area contributed by atoms with Crippen LogP contribution in [0.1, 0.15) is 24.8 Å². The number of ether oxygens (including phenoxy) is 1. The van der Waals surface area contributed by atoms with E-state index >= 15 is 0 Å². The normalized spacial score (nSPS) is 24.8. The molecule has 2 unspecified atom stereocenters. The van der Waals surface area contributed by atoms with Crippen molar-refractivity contribution in [3.63, 3.8) is 0 Å². The minimum atomic E-state index is -1.38. The van der Waals surface area contributed by atoms with E-state index in [-0.39, 0.29) is 12.5 Å². The van der Waals surface area contributed by atoms with Crippen molar-refractivity contribution >= 4 is 23.7 Å². The fourth-order valence-electron chi connectivity index (χ4n) is 2.31. The van der Waals surface area contributed by atoms with E-state index in [1.165, 1.54) is 0 Å². The van der Waals surface area contributed by atoms with Gasteiger partial charge in [-0.2, -0.15) is 0 Å². The number of hydrogen-bond donors (Lipinski definition) is 1. The van der Waals surface area contributed by atoms with E-state index in [1.54, 1.807) is 18.7 Å². The van der Waals surface area contributed by atoms with Gasteiger partial charge in [-0.15, -0.1) is 11.8 Å². The molecular formula is C14H16O4S. The van der Waals surface area contributed by atoms with Crippen LogP contribution >= 0.6 is 11.8 Å². The molecule has 0 aromatic heterocycles. The summed E-state index contributed by atoms with van der Waals surface area (Å²) in [7, 11) is 0. The Morgan fingerprint density at radius 3 is 2.53 bits per heavy atom. The van der Waals surface area contributed by atoms with Gasteiger partial charge in [0.1, 0.15) is 0 Å². The van der Waals surface area contributed by atoms with Gasteiger partial charge in [0.05, 0.1) is 6.61 Å². The Labute approximate surface area is 116 Å². The number of hydrogen-bond acceptors (Lipinski definition) is 4. The molecule has 0 amide bonds. The fourth-order valence-corrected chi connectivity index (χ4v) is 2.72. The molecule has 0 heterocycles. The molecule has 5 heteroatoms. The zero-order chi connectivity index (χ0) is 14.0. The summed E-state index contributed by atoms with van der Waals surface area (Å²) in [6, 6.07) is 7.66. The van der Waals surface area contributed by atoms with Gasteiger partial charge in [0.15, 0.2) is 5.41 Å². The van der Waals surface area contributed by atoms with Gasteiger partial charge in [-0.1, -0.05) is 12.1 Å². The first-order valence-electron chi connectivity index (χ1n) is 6.10. The maximum absolute atomic E-state index is 11.9. The first kappa shape index (κ1) is 13.9. The lowest BCUT2D eigenvalue weighted by atomic mass is 9.99. The van der Waals surface area contributed by atoms with E-state index in [4.69, 9.17) is 4.74 Å². The van der Waals surface area contributed by atoms with Crippen molar-refractivity contribution in [3.05, 3.63) is 29.8 Å². The highest BCUT2D eigenvalue weighted by atomic mass is 32.2. The smallest absolute Gasteiger partial charge is 0.324 e. The summed E-state index contributed by atoms with van der Waals surface area (Å²) in [6.07, 6.45) is 2.30. The topological polar surface area (TPSA) is 63.6 Å². The molecule has 1 fully saturated rings. The van der Waals surface area contributed by atoms with Gasteiger partial charge in [0.2, 0.25) is 0 Å². The summed E-state index contributed by atoms with van der Waals surface area (Å²) < 4.78 is 4.90. The van der Waals surface area contributed by atoms with Crippen molar-refractivity contribution in [2.24, 2.45) is 5.41 Å². The molecule has 1 N–H and O–H groups in total. The van der Waals surface area contributed by atoms with Gasteiger partial charge >= 0.3 is 11.9 Å². The summed E-state index contributed by atoms with van der Waals surface area (Å²) in [5.74, 6) is -1.99. The number of carbonyl (C=O) groups excluding carboxylic acids is 1. The van der Waals surface area contributed by atoms with Crippen LogP contribution in [0.5, 0.6) is 0 Å². The van der Waals surface area contributed by atoms with Crippen LogP contribution in [-0.2, 0) is 14.3 Å². The summed E-state index contributed by atoms with van der Waals surface area (Å²) in [5.41, 5.74) is -0.495. The zero-order valence-electron chi connectivity index (χ0n) is 10.9. The van der Waals surface area contributed by atoms with Gasteiger partial charge in [-0.25, -0.2) is 0 Å². The number of carboxylic acids is 1. The first-order valence-corrected chi connectivity index (χ1v) is 7.33. The second kappa shape index (κ2) is 5.25. The van der Waals surface area contributed by atoms with E-state index < -0.39 is 17.4 Å². The van der Waals surface area contributed by atoms with Gasteiger partial charge < -0.3 is 9.84 Å². The van der Waals surface area contributed by atoms with Gasteiger partial charge in [-0.05, 0) is 37.3 Å². The van der Waals surface area contributed by atoms with Crippen LogP contribution in [-0.4, -0.2) is 29.9 Å². The Bertz CT molecular complexity index is 497. The molecule has 4 nitrogen and oxygen atoms in total. The lowest BCUT2D eigenvalue weighted by Gasteiger charge is -2.11. The van der Waals surface area contributed by atoms with E-state index in [0.717, 1.165) is 10.5 Å². The van der Waals surface area contributed by atoms with Crippen molar-refractivity contribution in [2.75, 3.05) is 12.9 Å². The third-order valence-electron chi connectivity index (χ3n) is 3.50. The molecule has 1 aliphatic carbocycles. The molecule has 19 heavy (non-hydrogen) atoms. The Kier molecular flexibility index (Phi) is 3.85. The second-order valence-electron chi connectivity index (χ2n) is 4.53. The molecule has 2 atom stereocenters. The highest BCUT2D eigenvalue weighted by molar-refractivity contribution is 7.98. The monoisotopic (exact) mass is 280 g/mol. The molecule has 2 rings (SSSR count). The summed E-state index contributed by atoms with van der Waals surface area (Å²) in [5, 5.41) is 9.33. The van der Waals surface area contributed by atoms with Gasteiger partial charge in [-0.3, -0.25) is 9.59 Å². The average Bonchev–Trinajstić information content (AvgIpc) is 3.16. The minimum Gasteiger partial charge on any atom is -0.480 e. The Morgan fingerprint density at radius 1 is 1.42 bits per heavy atom. The number of rotatable bonds is 5. The van der Waals surface area contributed by atoms with E-state index in [0.29, 0.717) is 6.42 Å². The van der Waals surface area contributed by atoms with Crippen LogP contribution in [0, 0.1) is 5.41 Å². The van der Waals surface area contributed by atoms with E-state index in [2.05, 4.69) is 0 Å². The number of aliphatic carboxylic acids is 1. The second-order valence-corrected chi connectivity index (χ2v) is 5.41. The number of thioether (sulfide) groups is 1. The maximum Gasteiger partial charge on any atom is 0.324 e. The molecule has 0 aliphatic heterocycles. The standard InChI is InChI=1S/C14H16O4S/c1-3-18-13(17)14(12(15)16)8-11(14)9-4-6-10(19-2)7-5-9/h4-7,11H,3,8H2,1-2H3,(H,15,16). The first-order chi connectivity index (χ1) is 9.06. The molecule has 0 spiro atoms. The molecule has 1 saturated carbocycles. The van der Waals surface area contributed by atoms with Crippen LogP contribution in [0.25, 0.3) is 0 Å². The quantitative estimate of drug-likeness (QED) is 0.510. The number of esters is 1. The Hall–Kier alpha value is -1.49. The molecule has 102 valence electrons. The third kappa shape index (κ3) is 2.34. The molecule has 0 radical (unpaired) electrons. The zero-order valence-corrected chi connectivity index (χ0v) is 11.7. The third-order valence-corrected chi connectivity index (χ3v) is 4.24. The minimum absolute atomic E-state index is 0.200. The highest BCUT2D eigenvalue weighted by Gasteiger charge is 2.68. The summed E-state index contributed by atoms with van der Waals surface area (Å²) in [6.45, 7) is 1.88. The van der Waals surface area contributed by atoms with Crippen molar-refractivity contribution < 1.29 is 19.4 Å². The molecule has 0 saturated heterocycles. The predicted molar refractivity (Wildman–Crippen MR) is 72.3 cm³/mol. The average molecular weight is 280 g/mol. The number of carboxylic acid groups (broad SMARTS) is 1. The predicted octanol–water partition coefficient (Wildman–Crippen LogP) is 2.53. The number of carbonyl (C=O) groups is 2. The van der Waals surface area contributed by atoms with Crippen molar-refractivity contribution in [1.29, 1.82) is 0 Å². The molecule has 0 bridgehead atoms. The lowest BCUT2D eigenvalue weighted by Crippen LogP contribution is -2.29. The van der Waals surface area contributed by atoms with Crippen LogP contribution in [0.2, 0.25) is 0 Å². The molecule has 1 aromatic carbocycles. The summed E-state index contributed by atoms with van der Waals surface area (Å²) >= 11 is 1.62. The van der Waals surface area contributed by atoms with Crippen molar-refractivity contribution in [2.45, 2.75) is 24.2 Å². The fraction of sp³-hybridized carbons (Fsp3) is 0.429. The van der Waals surface area contributed by atoms with Crippen molar-refractivity contribution in [3.8, 4) is 0 Å². The van der Waals surface area contributed by atoms with Crippen LogP contribution in [0.15, 0.2) is 29.2 Å².